The summed E-state index contributed by atoms with van der Waals surface area (Å²) in [4.78, 5) is 0. The van der Waals surface area contributed by atoms with Crippen molar-refractivity contribution in [3.8, 4) is 0 Å². The minimum Gasteiger partial charge on any atom is -0.330 e. The van der Waals surface area contributed by atoms with E-state index in [4.69, 9.17) is 5.73 Å². The summed E-state index contributed by atoms with van der Waals surface area (Å²) in [6, 6.07) is 1.56. The van der Waals surface area contributed by atoms with Crippen LogP contribution in [-0.2, 0) is 7.05 Å². The van der Waals surface area contributed by atoms with Crippen LogP contribution in [0.2, 0.25) is 0 Å². The van der Waals surface area contributed by atoms with Crippen LogP contribution in [0.15, 0.2) is 12.3 Å². The molecule has 12 heavy (non-hydrogen) atoms. The van der Waals surface area contributed by atoms with Crippen LogP contribution in [0.1, 0.15) is 11.6 Å². The molecule has 1 aromatic heterocycles. The molecule has 1 rings (SSSR count). The summed E-state index contributed by atoms with van der Waals surface area (Å²) >= 11 is 0. The van der Waals surface area contributed by atoms with Gasteiger partial charge in [0.05, 0.1) is 11.6 Å². The first-order chi connectivity index (χ1) is 5.65. The van der Waals surface area contributed by atoms with Gasteiger partial charge in [-0.3, -0.25) is 4.68 Å². The number of rotatable bonds is 3. The Morgan fingerprint density at radius 3 is 2.67 bits per heavy atom. The first-order valence-electron chi connectivity index (χ1n) is 3.63. The molecule has 0 fully saturated rings. The fraction of sp³-hybridized carbons (Fsp3) is 0.571. The zero-order chi connectivity index (χ0) is 9.14. The van der Waals surface area contributed by atoms with Crippen molar-refractivity contribution >= 4 is 0 Å². The number of hydrogen-bond acceptors (Lipinski definition) is 2. The molecule has 0 bridgehead atoms. The maximum absolute atomic E-state index is 12.3. The lowest BCUT2D eigenvalue weighted by Gasteiger charge is -2.09. The van der Waals surface area contributed by atoms with Gasteiger partial charge in [-0.05, 0) is 6.07 Å². The summed E-state index contributed by atoms with van der Waals surface area (Å²) in [5, 5.41) is 3.86. The van der Waals surface area contributed by atoms with E-state index in [1.54, 1.807) is 19.3 Å². The minimum absolute atomic E-state index is 0.0747. The van der Waals surface area contributed by atoms with Crippen LogP contribution in [0.5, 0.6) is 0 Å². The summed E-state index contributed by atoms with van der Waals surface area (Å²) in [5.74, 6) is -0.939. The summed E-state index contributed by atoms with van der Waals surface area (Å²) in [6.45, 7) is -0.0747. The Labute approximate surface area is 69.2 Å². The maximum Gasteiger partial charge on any atom is 0.248 e. The second-order valence-corrected chi connectivity index (χ2v) is 2.59. The first kappa shape index (κ1) is 9.12. The summed E-state index contributed by atoms with van der Waals surface area (Å²) in [6.07, 6.45) is -0.815. The van der Waals surface area contributed by atoms with Gasteiger partial charge in [0.2, 0.25) is 6.43 Å². The highest BCUT2D eigenvalue weighted by atomic mass is 19.3. The molecule has 68 valence electrons. The monoisotopic (exact) mass is 175 g/mol. The highest BCUT2D eigenvalue weighted by Crippen LogP contribution is 2.19. The van der Waals surface area contributed by atoms with Gasteiger partial charge >= 0.3 is 0 Å². The largest absolute Gasteiger partial charge is 0.330 e. The molecule has 1 aromatic rings. The molecule has 3 nitrogen and oxygen atoms in total. The number of aromatic nitrogens is 2. The van der Waals surface area contributed by atoms with E-state index in [0.29, 0.717) is 5.69 Å². The van der Waals surface area contributed by atoms with E-state index >= 15 is 0 Å². The van der Waals surface area contributed by atoms with Gasteiger partial charge in [0.1, 0.15) is 0 Å². The van der Waals surface area contributed by atoms with Gasteiger partial charge in [0.25, 0.3) is 0 Å². The molecule has 1 unspecified atom stereocenters. The number of hydrogen-bond donors (Lipinski definition) is 1. The SMILES string of the molecule is Cn1ccc(C(CN)C(F)F)n1. The van der Waals surface area contributed by atoms with E-state index in [-0.39, 0.29) is 6.54 Å². The fourth-order valence-corrected chi connectivity index (χ4v) is 0.983. The van der Waals surface area contributed by atoms with Gasteiger partial charge in [0.15, 0.2) is 0 Å². The quantitative estimate of drug-likeness (QED) is 0.735. The molecule has 1 heterocycles. The molecule has 0 aliphatic carbocycles. The molecule has 0 spiro atoms. The second-order valence-electron chi connectivity index (χ2n) is 2.59. The summed E-state index contributed by atoms with van der Waals surface area (Å²) < 4.78 is 26.0. The van der Waals surface area contributed by atoms with Crippen LogP contribution in [0.3, 0.4) is 0 Å². The van der Waals surface area contributed by atoms with Crippen molar-refractivity contribution in [1.29, 1.82) is 0 Å². The van der Waals surface area contributed by atoms with Crippen LogP contribution < -0.4 is 5.73 Å². The Morgan fingerprint density at radius 2 is 2.33 bits per heavy atom. The molecule has 5 heteroatoms. The third kappa shape index (κ3) is 1.79. The third-order valence-electron chi connectivity index (χ3n) is 1.67. The smallest absolute Gasteiger partial charge is 0.248 e. The van der Waals surface area contributed by atoms with Gasteiger partial charge in [0, 0.05) is 19.8 Å². The Balaban J connectivity index is 2.80. The van der Waals surface area contributed by atoms with Crippen LogP contribution in [0.4, 0.5) is 8.78 Å². The molecule has 0 aliphatic rings. The highest BCUT2D eigenvalue weighted by Gasteiger charge is 2.22. The first-order valence-corrected chi connectivity index (χ1v) is 3.63. The summed E-state index contributed by atoms with van der Waals surface area (Å²) in [7, 11) is 1.68. The zero-order valence-electron chi connectivity index (χ0n) is 6.74. The number of alkyl halides is 2. The van der Waals surface area contributed by atoms with Crippen molar-refractivity contribution in [1.82, 2.24) is 9.78 Å². The highest BCUT2D eigenvalue weighted by molar-refractivity contribution is 5.07. The van der Waals surface area contributed by atoms with E-state index in [1.807, 2.05) is 0 Å². The van der Waals surface area contributed by atoms with Crippen LogP contribution in [0.25, 0.3) is 0 Å². The van der Waals surface area contributed by atoms with Crippen LogP contribution in [0, 0.1) is 0 Å². The molecule has 0 saturated heterocycles. The Bertz CT molecular complexity index is 247. The molecular formula is C7H11F2N3. The van der Waals surface area contributed by atoms with Crippen LogP contribution in [-0.4, -0.2) is 22.8 Å². The predicted molar refractivity (Wildman–Crippen MR) is 41.0 cm³/mol. The molecule has 0 aliphatic heterocycles. The molecule has 0 radical (unpaired) electrons. The van der Waals surface area contributed by atoms with Gasteiger partial charge in [-0.15, -0.1) is 0 Å². The lowest BCUT2D eigenvalue weighted by molar-refractivity contribution is 0.115. The Kier molecular flexibility index (Phi) is 2.75. The molecule has 0 saturated carbocycles. The van der Waals surface area contributed by atoms with Gasteiger partial charge in [-0.2, -0.15) is 5.10 Å². The van der Waals surface area contributed by atoms with E-state index in [1.165, 1.54) is 4.68 Å². The molecule has 2 N–H and O–H groups in total. The van der Waals surface area contributed by atoms with E-state index in [0.717, 1.165) is 0 Å². The number of nitrogens with zero attached hydrogens (tertiary/aromatic N) is 2. The Morgan fingerprint density at radius 1 is 1.67 bits per heavy atom. The number of halogens is 2. The molecular weight excluding hydrogens is 164 g/mol. The second kappa shape index (κ2) is 3.62. The number of nitrogens with two attached hydrogens (primary N) is 1. The lowest BCUT2D eigenvalue weighted by atomic mass is 10.1. The van der Waals surface area contributed by atoms with Crippen LogP contribution >= 0.6 is 0 Å². The van der Waals surface area contributed by atoms with Crippen molar-refractivity contribution in [2.75, 3.05) is 6.54 Å². The van der Waals surface area contributed by atoms with E-state index in [2.05, 4.69) is 5.10 Å². The Hall–Kier alpha value is -0.970. The molecule has 0 aromatic carbocycles. The van der Waals surface area contributed by atoms with Crippen molar-refractivity contribution in [3.63, 3.8) is 0 Å². The number of aryl methyl sites for hydroxylation is 1. The maximum atomic E-state index is 12.3. The fourth-order valence-electron chi connectivity index (χ4n) is 0.983. The topological polar surface area (TPSA) is 43.8 Å². The normalized spacial score (nSPS) is 13.8. The van der Waals surface area contributed by atoms with Crippen molar-refractivity contribution in [2.45, 2.75) is 12.3 Å². The van der Waals surface area contributed by atoms with E-state index in [9.17, 15) is 8.78 Å². The predicted octanol–water partition coefficient (Wildman–Crippen LogP) is 0.727. The van der Waals surface area contributed by atoms with Crippen molar-refractivity contribution in [3.05, 3.63) is 18.0 Å². The van der Waals surface area contributed by atoms with Gasteiger partial charge < -0.3 is 5.73 Å². The minimum atomic E-state index is -2.44. The van der Waals surface area contributed by atoms with Gasteiger partial charge in [-0.1, -0.05) is 0 Å². The zero-order valence-corrected chi connectivity index (χ0v) is 6.74. The summed E-state index contributed by atoms with van der Waals surface area (Å²) in [5.41, 5.74) is 5.54. The third-order valence-corrected chi connectivity index (χ3v) is 1.67. The van der Waals surface area contributed by atoms with Crippen molar-refractivity contribution < 1.29 is 8.78 Å². The standard InChI is InChI=1S/C7H11F2N3/c1-12-3-2-6(11-12)5(4-10)7(8)9/h2-3,5,7H,4,10H2,1H3. The average Bonchev–Trinajstić information content (AvgIpc) is 2.37. The van der Waals surface area contributed by atoms with E-state index < -0.39 is 12.3 Å². The average molecular weight is 175 g/mol. The van der Waals surface area contributed by atoms with Gasteiger partial charge in [-0.25, -0.2) is 8.78 Å². The molecule has 0 amide bonds. The molecule has 1 atom stereocenters. The van der Waals surface area contributed by atoms with Crippen molar-refractivity contribution in [2.24, 2.45) is 12.8 Å². The lowest BCUT2D eigenvalue weighted by Crippen LogP contribution is -2.20.